The summed E-state index contributed by atoms with van der Waals surface area (Å²) in [5.41, 5.74) is 1.42. The number of nitrogens with zero attached hydrogens (tertiary/aromatic N) is 1. The first kappa shape index (κ1) is 17.6. The van der Waals surface area contributed by atoms with Crippen molar-refractivity contribution in [2.75, 3.05) is 6.79 Å². The fraction of sp³-hybridized carbons (Fsp3) is 0.167. The van der Waals surface area contributed by atoms with Gasteiger partial charge in [-0.2, -0.15) is 0 Å². The van der Waals surface area contributed by atoms with Gasteiger partial charge in [-0.15, -0.1) is 0 Å². The summed E-state index contributed by atoms with van der Waals surface area (Å²) in [6, 6.07) is 8.27. The van der Waals surface area contributed by atoms with Gasteiger partial charge < -0.3 is 14.2 Å². The molecule has 8 heteroatoms. The number of carbonyl (C=O) groups is 1. The number of nitro benzene ring substituents is 1. The lowest BCUT2D eigenvalue weighted by atomic mass is 10.1. The Morgan fingerprint density at radius 1 is 1.31 bits per heavy atom. The molecule has 1 aliphatic rings. The van der Waals surface area contributed by atoms with Crippen LogP contribution in [0, 0.1) is 15.9 Å². The number of hydrogen-bond donors (Lipinski definition) is 0. The first-order valence-corrected chi connectivity index (χ1v) is 7.64. The SMILES string of the molecule is O=C(C=Cc1ccc(F)cc1)OCc1cc([N+](=O)[O-])cc2c1OCOC2. The van der Waals surface area contributed by atoms with E-state index >= 15 is 0 Å². The van der Waals surface area contributed by atoms with Crippen LogP contribution in [0.1, 0.15) is 16.7 Å². The summed E-state index contributed by atoms with van der Waals surface area (Å²) in [6.45, 7) is 0.0231. The zero-order valence-electron chi connectivity index (χ0n) is 13.5. The Kier molecular flexibility index (Phi) is 5.23. The van der Waals surface area contributed by atoms with Gasteiger partial charge in [-0.05, 0) is 23.8 Å². The summed E-state index contributed by atoms with van der Waals surface area (Å²) in [6.07, 6.45) is 2.68. The Labute approximate surface area is 147 Å². The number of esters is 1. The molecule has 0 amide bonds. The number of ether oxygens (including phenoxy) is 3. The Balaban J connectivity index is 1.70. The highest BCUT2D eigenvalue weighted by atomic mass is 19.1. The average molecular weight is 359 g/mol. The van der Waals surface area contributed by atoms with Gasteiger partial charge >= 0.3 is 5.97 Å². The summed E-state index contributed by atoms with van der Waals surface area (Å²) in [5.74, 6) is -0.581. The third-order valence-corrected chi connectivity index (χ3v) is 3.63. The molecule has 1 aliphatic heterocycles. The third kappa shape index (κ3) is 4.22. The molecular weight excluding hydrogens is 345 g/mol. The second kappa shape index (κ2) is 7.75. The summed E-state index contributed by atoms with van der Waals surface area (Å²) in [7, 11) is 0. The Morgan fingerprint density at radius 3 is 2.81 bits per heavy atom. The molecule has 0 spiro atoms. The van der Waals surface area contributed by atoms with Crippen molar-refractivity contribution in [3.05, 3.63) is 75.1 Å². The Bertz CT molecular complexity index is 863. The van der Waals surface area contributed by atoms with E-state index in [4.69, 9.17) is 14.2 Å². The number of nitro groups is 1. The van der Waals surface area contributed by atoms with Gasteiger partial charge in [0.1, 0.15) is 18.2 Å². The largest absolute Gasteiger partial charge is 0.467 e. The maximum atomic E-state index is 12.8. The van der Waals surface area contributed by atoms with Crippen LogP contribution in [0.25, 0.3) is 6.08 Å². The molecule has 134 valence electrons. The van der Waals surface area contributed by atoms with Crippen molar-refractivity contribution in [1.29, 1.82) is 0 Å². The predicted molar refractivity (Wildman–Crippen MR) is 88.6 cm³/mol. The smallest absolute Gasteiger partial charge is 0.331 e. The van der Waals surface area contributed by atoms with Gasteiger partial charge in [-0.3, -0.25) is 10.1 Å². The van der Waals surface area contributed by atoms with Gasteiger partial charge in [0.2, 0.25) is 0 Å². The van der Waals surface area contributed by atoms with Gasteiger partial charge in [0.05, 0.1) is 11.5 Å². The molecule has 26 heavy (non-hydrogen) atoms. The van der Waals surface area contributed by atoms with Crippen molar-refractivity contribution < 1.29 is 28.3 Å². The monoisotopic (exact) mass is 359 g/mol. The summed E-state index contributed by atoms with van der Waals surface area (Å²) < 4.78 is 28.5. The van der Waals surface area contributed by atoms with E-state index < -0.39 is 10.9 Å². The van der Waals surface area contributed by atoms with E-state index in [2.05, 4.69) is 0 Å². The van der Waals surface area contributed by atoms with Gasteiger partial charge in [0.25, 0.3) is 5.69 Å². The number of benzene rings is 2. The van der Waals surface area contributed by atoms with Crippen molar-refractivity contribution in [1.82, 2.24) is 0 Å². The number of fused-ring (bicyclic) bond motifs is 1. The summed E-state index contributed by atoms with van der Waals surface area (Å²) in [5, 5.41) is 11.0. The highest BCUT2D eigenvalue weighted by molar-refractivity contribution is 5.87. The maximum absolute atomic E-state index is 12.8. The molecule has 0 aliphatic carbocycles. The molecule has 0 unspecified atom stereocenters. The van der Waals surface area contributed by atoms with E-state index in [1.807, 2.05) is 0 Å². The van der Waals surface area contributed by atoms with Gasteiger partial charge in [-0.25, -0.2) is 9.18 Å². The Hall–Kier alpha value is -3.26. The van der Waals surface area contributed by atoms with Crippen molar-refractivity contribution >= 4 is 17.7 Å². The van der Waals surface area contributed by atoms with Crippen LogP contribution in [0.5, 0.6) is 5.75 Å². The average Bonchev–Trinajstić information content (AvgIpc) is 2.65. The van der Waals surface area contributed by atoms with Crippen molar-refractivity contribution in [2.45, 2.75) is 13.2 Å². The highest BCUT2D eigenvalue weighted by Gasteiger charge is 2.21. The molecule has 3 rings (SSSR count). The first-order chi connectivity index (χ1) is 12.5. The molecule has 0 atom stereocenters. The van der Waals surface area contributed by atoms with Crippen LogP contribution in [-0.2, 0) is 27.5 Å². The van der Waals surface area contributed by atoms with Crippen molar-refractivity contribution in [2.24, 2.45) is 0 Å². The number of carbonyl (C=O) groups excluding carboxylic acids is 1. The second-order valence-corrected chi connectivity index (χ2v) is 5.45. The lowest BCUT2D eigenvalue weighted by molar-refractivity contribution is -0.385. The number of hydrogen-bond acceptors (Lipinski definition) is 6. The van der Waals surface area contributed by atoms with E-state index in [1.165, 1.54) is 48.6 Å². The van der Waals surface area contributed by atoms with Crippen molar-refractivity contribution in [3.8, 4) is 5.75 Å². The van der Waals surface area contributed by atoms with Crippen LogP contribution in [0.2, 0.25) is 0 Å². The molecule has 0 saturated heterocycles. The molecule has 1 heterocycles. The molecule has 7 nitrogen and oxygen atoms in total. The van der Waals surface area contributed by atoms with Gasteiger partial charge in [0, 0.05) is 29.3 Å². The fourth-order valence-electron chi connectivity index (χ4n) is 2.43. The van der Waals surface area contributed by atoms with Crippen LogP contribution < -0.4 is 4.74 Å². The van der Waals surface area contributed by atoms with Crippen LogP contribution in [0.4, 0.5) is 10.1 Å². The van der Waals surface area contributed by atoms with E-state index in [9.17, 15) is 19.3 Å². The normalized spacial score (nSPS) is 13.1. The molecular formula is C18H14FNO6. The number of rotatable bonds is 5. The molecule has 0 radical (unpaired) electrons. The molecule has 0 N–H and O–H groups in total. The minimum Gasteiger partial charge on any atom is -0.467 e. The van der Waals surface area contributed by atoms with Crippen LogP contribution in [0.15, 0.2) is 42.5 Å². The predicted octanol–water partition coefficient (Wildman–Crippen LogP) is 3.36. The molecule has 0 fully saturated rings. The van der Waals surface area contributed by atoms with E-state index in [-0.39, 0.29) is 31.5 Å². The molecule has 2 aromatic carbocycles. The zero-order valence-corrected chi connectivity index (χ0v) is 13.5. The lowest BCUT2D eigenvalue weighted by Crippen LogP contribution is -2.14. The van der Waals surface area contributed by atoms with Gasteiger partial charge in [0.15, 0.2) is 6.79 Å². The number of halogens is 1. The first-order valence-electron chi connectivity index (χ1n) is 7.64. The highest BCUT2D eigenvalue weighted by Crippen LogP contribution is 2.33. The van der Waals surface area contributed by atoms with Crippen LogP contribution in [-0.4, -0.2) is 17.7 Å². The number of non-ortho nitro benzene ring substituents is 1. The quantitative estimate of drug-likeness (QED) is 0.352. The van der Waals surface area contributed by atoms with E-state index in [0.717, 1.165) is 0 Å². The standard InChI is InChI=1S/C18H14FNO6/c19-15-4-1-12(2-5-15)3-6-17(21)25-10-14-8-16(20(22)23)7-13-9-24-11-26-18(13)14/h1-8H,9-11H2. The van der Waals surface area contributed by atoms with E-state index in [1.54, 1.807) is 0 Å². The van der Waals surface area contributed by atoms with Crippen LogP contribution in [0.3, 0.4) is 0 Å². The topological polar surface area (TPSA) is 87.9 Å². The second-order valence-electron chi connectivity index (χ2n) is 5.45. The molecule has 0 aromatic heterocycles. The molecule has 0 bridgehead atoms. The fourth-order valence-corrected chi connectivity index (χ4v) is 2.43. The lowest BCUT2D eigenvalue weighted by Gasteiger charge is -2.20. The zero-order chi connectivity index (χ0) is 18.5. The van der Waals surface area contributed by atoms with Crippen LogP contribution >= 0.6 is 0 Å². The minimum absolute atomic E-state index is 0.0240. The van der Waals surface area contributed by atoms with Gasteiger partial charge in [-0.1, -0.05) is 12.1 Å². The Morgan fingerprint density at radius 2 is 2.08 bits per heavy atom. The molecule has 2 aromatic rings. The maximum Gasteiger partial charge on any atom is 0.331 e. The van der Waals surface area contributed by atoms with E-state index in [0.29, 0.717) is 22.4 Å². The third-order valence-electron chi connectivity index (χ3n) is 3.63. The molecule has 0 saturated carbocycles. The van der Waals surface area contributed by atoms with Crippen molar-refractivity contribution in [3.63, 3.8) is 0 Å². The summed E-state index contributed by atoms with van der Waals surface area (Å²) in [4.78, 5) is 22.4. The summed E-state index contributed by atoms with van der Waals surface area (Å²) >= 11 is 0. The minimum atomic E-state index is -0.637.